The fraction of sp³-hybridized carbons (Fsp3) is 0.217. The summed E-state index contributed by atoms with van der Waals surface area (Å²) in [7, 11) is 0. The maximum atomic E-state index is 11.8. The zero-order valence-electron chi connectivity index (χ0n) is 17.2. The molecular weight excluding hydrogens is 544 g/mol. The van der Waals surface area contributed by atoms with E-state index < -0.39 is 12.0 Å². The van der Waals surface area contributed by atoms with E-state index in [9.17, 15) is 14.7 Å². The Hall–Kier alpha value is -2.62. The number of nitrogens with two attached hydrogens (primary N) is 1. The van der Waals surface area contributed by atoms with Crippen LogP contribution in [-0.4, -0.2) is 28.7 Å². The van der Waals surface area contributed by atoms with Crippen molar-refractivity contribution in [2.45, 2.75) is 25.8 Å². The van der Waals surface area contributed by atoms with Gasteiger partial charge in [0.05, 0.1) is 15.6 Å². The lowest BCUT2D eigenvalue weighted by Crippen LogP contribution is -2.34. The standard InChI is InChI=1S/C23H22Br2N2O5/c1-2-31-23(30)19(26)10-14-8-17(24)22(18(25)9-14)32-16-4-5-20(28)15(11-16)7-13-3-6-21(29)27-12-13/h3-6,8-9,11-12,19,28H,2,7,10,26H2,1H3,(H,27,29)/t19-/m0/s1. The van der Waals surface area contributed by atoms with Crippen LogP contribution in [0.1, 0.15) is 23.6 Å². The van der Waals surface area contributed by atoms with Crippen molar-refractivity contribution in [2.24, 2.45) is 5.73 Å². The van der Waals surface area contributed by atoms with Crippen molar-refractivity contribution >= 4 is 37.8 Å². The fourth-order valence-corrected chi connectivity index (χ4v) is 4.51. The van der Waals surface area contributed by atoms with Gasteiger partial charge in [-0.05, 0) is 86.7 Å². The van der Waals surface area contributed by atoms with Crippen LogP contribution in [0.15, 0.2) is 62.4 Å². The van der Waals surface area contributed by atoms with Crippen LogP contribution in [0.25, 0.3) is 0 Å². The molecule has 0 spiro atoms. The summed E-state index contributed by atoms with van der Waals surface area (Å²) in [5, 5.41) is 10.2. The summed E-state index contributed by atoms with van der Waals surface area (Å²) in [4.78, 5) is 25.7. The van der Waals surface area contributed by atoms with Gasteiger partial charge in [0, 0.05) is 24.2 Å². The Morgan fingerprint density at radius 3 is 2.47 bits per heavy atom. The molecule has 1 atom stereocenters. The minimum Gasteiger partial charge on any atom is -0.508 e. The first kappa shape index (κ1) is 24.0. The number of ether oxygens (including phenoxy) is 2. The second-order valence-electron chi connectivity index (χ2n) is 7.08. The number of hydrogen-bond acceptors (Lipinski definition) is 6. The van der Waals surface area contributed by atoms with Crippen molar-refractivity contribution in [3.05, 3.63) is 84.7 Å². The Labute approximate surface area is 201 Å². The molecule has 0 unspecified atom stereocenters. The molecule has 0 radical (unpaired) electrons. The van der Waals surface area contributed by atoms with Gasteiger partial charge in [-0.2, -0.15) is 0 Å². The van der Waals surface area contributed by atoms with Gasteiger partial charge in [-0.25, -0.2) is 0 Å². The second kappa shape index (κ2) is 10.8. The molecule has 4 N–H and O–H groups in total. The van der Waals surface area contributed by atoms with E-state index in [1.165, 1.54) is 6.07 Å². The molecule has 1 aromatic heterocycles. The smallest absolute Gasteiger partial charge is 0.323 e. The number of aromatic amines is 1. The molecule has 168 valence electrons. The Morgan fingerprint density at radius 1 is 1.12 bits per heavy atom. The number of rotatable bonds is 8. The lowest BCUT2D eigenvalue weighted by Gasteiger charge is -2.15. The monoisotopic (exact) mass is 564 g/mol. The topological polar surface area (TPSA) is 115 Å². The zero-order valence-corrected chi connectivity index (χ0v) is 20.4. The number of benzene rings is 2. The molecule has 7 nitrogen and oxygen atoms in total. The zero-order chi connectivity index (χ0) is 23.3. The molecule has 9 heteroatoms. The van der Waals surface area contributed by atoms with E-state index >= 15 is 0 Å². The number of hydrogen-bond donors (Lipinski definition) is 3. The Balaban J connectivity index is 1.78. The van der Waals surface area contributed by atoms with Crippen molar-refractivity contribution in [3.63, 3.8) is 0 Å². The third-order valence-corrected chi connectivity index (χ3v) is 5.80. The minimum absolute atomic E-state index is 0.130. The summed E-state index contributed by atoms with van der Waals surface area (Å²) in [6.45, 7) is 2.02. The summed E-state index contributed by atoms with van der Waals surface area (Å²) in [6, 6.07) is 11.0. The summed E-state index contributed by atoms with van der Waals surface area (Å²) in [5.74, 6) is 0.753. The van der Waals surface area contributed by atoms with E-state index in [1.807, 2.05) is 12.1 Å². The summed E-state index contributed by atoms with van der Waals surface area (Å²) in [5.41, 5.74) is 8.07. The highest BCUT2D eigenvalue weighted by Gasteiger charge is 2.18. The van der Waals surface area contributed by atoms with Gasteiger partial charge in [-0.1, -0.05) is 6.07 Å². The van der Waals surface area contributed by atoms with E-state index in [4.69, 9.17) is 15.2 Å². The van der Waals surface area contributed by atoms with E-state index in [0.29, 0.717) is 38.8 Å². The first-order chi connectivity index (χ1) is 15.3. The number of pyridine rings is 1. The van der Waals surface area contributed by atoms with Gasteiger partial charge in [-0.15, -0.1) is 0 Å². The number of nitrogens with one attached hydrogen (secondary N) is 1. The largest absolute Gasteiger partial charge is 0.508 e. The third kappa shape index (κ3) is 6.21. The Kier molecular flexibility index (Phi) is 8.11. The predicted octanol–water partition coefficient (Wildman–Crippen LogP) is 4.42. The van der Waals surface area contributed by atoms with Crippen LogP contribution in [0.4, 0.5) is 0 Å². The van der Waals surface area contributed by atoms with E-state index in [1.54, 1.807) is 37.4 Å². The molecule has 0 aliphatic rings. The average molecular weight is 566 g/mol. The van der Waals surface area contributed by atoms with Gasteiger partial charge in [-0.3, -0.25) is 9.59 Å². The quantitative estimate of drug-likeness (QED) is 0.348. The Morgan fingerprint density at radius 2 is 1.84 bits per heavy atom. The van der Waals surface area contributed by atoms with Gasteiger partial charge < -0.3 is 25.3 Å². The van der Waals surface area contributed by atoms with Crippen molar-refractivity contribution in [2.75, 3.05) is 6.61 Å². The number of H-pyrrole nitrogens is 1. The fourth-order valence-electron chi connectivity index (χ4n) is 3.07. The maximum Gasteiger partial charge on any atom is 0.323 e. The lowest BCUT2D eigenvalue weighted by atomic mass is 10.1. The van der Waals surface area contributed by atoms with Crippen LogP contribution in [-0.2, 0) is 22.4 Å². The van der Waals surface area contributed by atoms with Gasteiger partial charge in [0.2, 0.25) is 5.56 Å². The maximum absolute atomic E-state index is 11.8. The molecule has 0 bridgehead atoms. The average Bonchev–Trinajstić information content (AvgIpc) is 2.74. The second-order valence-corrected chi connectivity index (χ2v) is 8.79. The normalized spacial score (nSPS) is 11.8. The molecule has 0 aliphatic carbocycles. The van der Waals surface area contributed by atoms with E-state index in [-0.39, 0.29) is 17.9 Å². The third-order valence-electron chi connectivity index (χ3n) is 4.62. The van der Waals surface area contributed by atoms with Gasteiger partial charge in [0.25, 0.3) is 0 Å². The SMILES string of the molecule is CCOC(=O)[C@@H](N)Cc1cc(Br)c(Oc2ccc(O)c(Cc3ccc(=O)[nH]c3)c2)c(Br)c1. The number of halogens is 2. The molecule has 3 rings (SSSR count). The van der Waals surface area contributed by atoms with Crippen LogP contribution >= 0.6 is 31.9 Å². The first-order valence-electron chi connectivity index (χ1n) is 9.84. The number of esters is 1. The Bertz CT molecular complexity index is 1140. The number of carbonyl (C=O) groups excluding carboxylic acids is 1. The highest BCUT2D eigenvalue weighted by Crippen LogP contribution is 2.39. The molecule has 3 aromatic rings. The van der Waals surface area contributed by atoms with Gasteiger partial charge >= 0.3 is 5.97 Å². The summed E-state index contributed by atoms with van der Waals surface area (Å²) >= 11 is 7.02. The molecule has 0 amide bonds. The first-order valence-corrected chi connectivity index (χ1v) is 11.4. The van der Waals surface area contributed by atoms with E-state index in [0.717, 1.165) is 11.1 Å². The predicted molar refractivity (Wildman–Crippen MR) is 128 cm³/mol. The molecule has 0 saturated heterocycles. The summed E-state index contributed by atoms with van der Waals surface area (Å²) < 4.78 is 12.4. The molecule has 32 heavy (non-hydrogen) atoms. The minimum atomic E-state index is -0.756. The van der Waals surface area contributed by atoms with Crippen LogP contribution in [0.5, 0.6) is 17.2 Å². The molecule has 1 heterocycles. The molecule has 2 aromatic carbocycles. The van der Waals surface area contributed by atoms with Crippen LogP contribution in [0, 0.1) is 0 Å². The van der Waals surface area contributed by atoms with Crippen LogP contribution in [0.2, 0.25) is 0 Å². The molecule has 0 saturated carbocycles. The van der Waals surface area contributed by atoms with Crippen LogP contribution < -0.4 is 16.0 Å². The van der Waals surface area contributed by atoms with E-state index in [2.05, 4.69) is 36.8 Å². The number of phenols is 1. The van der Waals surface area contributed by atoms with Crippen LogP contribution in [0.3, 0.4) is 0 Å². The van der Waals surface area contributed by atoms with Crippen molar-refractivity contribution in [3.8, 4) is 17.2 Å². The number of aromatic nitrogens is 1. The summed E-state index contributed by atoms with van der Waals surface area (Å²) in [6.07, 6.45) is 2.36. The van der Waals surface area contributed by atoms with Gasteiger partial charge in [0.15, 0.2) is 5.75 Å². The van der Waals surface area contributed by atoms with Gasteiger partial charge in [0.1, 0.15) is 17.5 Å². The van der Waals surface area contributed by atoms with Crippen molar-refractivity contribution < 1.29 is 19.4 Å². The number of phenolic OH excluding ortho intramolecular Hbond substituents is 1. The number of carbonyl (C=O) groups is 1. The molecule has 0 aliphatic heterocycles. The molecular formula is C23H22Br2N2O5. The lowest BCUT2D eigenvalue weighted by molar-refractivity contribution is -0.144. The highest BCUT2D eigenvalue weighted by atomic mass is 79.9. The number of aromatic hydroxyl groups is 1. The molecule has 0 fully saturated rings. The highest BCUT2D eigenvalue weighted by molar-refractivity contribution is 9.11. The van der Waals surface area contributed by atoms with Crippen molar-refractivity contribution in [1.82, 2.24) is 4.98 Å². The van der Waals surface area contributed by atoms with Crippen molar-refractivity contribution in [1.29, 1.82) is 0 Å².